The van der Waals surface area contributed by atoms with Crippen LogP contribution in [-0.2, 0) is 5.41 Å². The summed E-state index contributed by atoms with van der Waals surface area (Å²) < 4.78 is 5.37. The number of rotatable bonds is 4. The minimum Gasteiger partial charge on any atom is -0.495 e. The highest BCUT2D eigenvalue weighted by atomic mass is 16.5. The van der Waals surface area contributed by atoms with Crippen LogP contribution < -0.4 is 10.1 Å². The molecular weight excluding hydrogens is 328 g/mol. The van der Waals surface area contributed by atoms with E-state index in [-0.39, 0.29) is 17.0 Å². The fraction of sp³-hybridized carbons (Fsp3) is 0.250. The number of carbonyl (C=O) groups is 1. The molecule has 0 unspecified atom stereocenters. The zero-order chi connectivity index (χ0) is 18.7. The molecule has 0 saturated carbocycles. The quantitative estimate of drug-likeness (QED) is 0.776. The zero-order valence-corrected chi connectivity index (χ0v) is 15.4. The van der Waals surface area contributed by atoms with E-state index < -0.39 is 0 Å². The summed E-state index contributed by atoms with van der Waals surface area (Å²) in [5.41, 5.74) is 2.69. The molecule has 26 heavy (non-hydrogen) atoms. The van der Waals surface area contributed by atoms with Gasteiger partial charge in [0, 0.05) is 0 Å². The molecule has 3 aromatic rings. The summed E-state index contributed by atoms with van der Waals surface area (Å²) in [7, 11) is 1.58. The maximum Gasteiger partial charge on any atom is 0.277 e. The van der Waals surface area contributed by atoms with Crippen LogP contribution in [0.25, 0.3) is 5.69 Å². The number of para-hydroxylation sites is 1. The lowest BCUT2D eigenvalue weighted by Crippen LogP contribution is -2.16. The number of aromatic nitrogens is 3. The molecule has 0 radical (unpaired) electrons. The Labute approximate surface area is 152 Å². The summed E-state index contributed by atoms with van der Waals surface area (Å²) >= 11 is 0. The summed E-state index contributed by atoms with van der Waals surface area (Å²) in [5, 5.41) is 11.3. The van der Waals surface area contributed by atoms with Crippen LogP contribution in [0.3, 0.4) is 0 Å². The smallest absolute Gasteiger partial charge is 0.277 e. The molecular formula is C20H22N4O2. The molecule has 0 saturated heterocycles. The van der Waals surface area contributed by atoms with Crippen molar-refractivity contribution < 1.29 is 9.53 Å². The molecule has 0 fully saturated rings. The second kappa shape index (κ2) is 7.00. The second-order valence-electron chi connectivity index (χ2n) is 6.97. The number of ether oxygens (including phenoxy) is 1. The molecule has 0 aliphatic rings. The third-order valence-electron chi connectivity index (χ3n) is 4.03. The highest BCUT2D eigenvalue weighted by Gasteiger charge is 2.18. The van der Waals surface area contributed by atoms with Gasteiger partial charge in [-0.05, 0) is 35.2 Å². The molecule has 2 aromatic carbocycles. The van der Waals surface area contributed by atoms with Gasteiger partial charge in [-0.1, -0.05) is 45.0 Å². The lowest BCUT2D eigenvalue weighted by atomic mass is 9.87. The molecule has 0 aliphatic carbocycles. The molecule has 1 aromatic heterocycles. The third-order valence-corrected chi connectivity index (χ3v) is 4.03. The Morgan fingerprint density at radius 2 is 1.85 bits per heavy atom. The van der Waals surface area contributed by atoms with Gasteiger partial charge in [0.25, 0.3) is 5.91 Å². The minimum atomic E-state index is -0.337. The highest BCUT2D eigenvalue weighted by Crippen LogP contribution is 2.31. The fourth-order valence-corrected chi connectivity index (χ4v) is 2.51. The van der Waals surface area contributed by atoms with Gasteiger partial charge in [-0.2, -0.15) is 9.90 Å². The van der Waals surface area contributed by atoms with Gasteiger partial charge in [0.15, 0.2) is 5.69 Å². The second-order valence-corrected chi connectivity index (χ2v) is 6.97. The number of nitrogens with one attached hydrogen (secondary N) is 1. The minimum absolute atomic E-state index is 0.0395. The summed E-state index contributed by atoms with van der Waals surface area (Å²) in [4.78, 5) is 14.0. The Morgan fingerprint density at radius 3 is 2.50 bits per heavy atom. The maximum atomic E-state index is 12.6. The van der Waals surface area contributed by atoms with E-state index in [1.807, 2.05) is 48.5 Å². The van der Waals surface area contributed by atoms with E-state index in [9.17, 15) is 4.79 Å². The van der Waals surface area contributed by atoms with Crippen molar-refractivity contribution in [3.05, 3.63) is 66.0 Å². The molecule has 1 heterocycles. The average Bonchev–Trinajstić information content (AvgIpc) is 3.12. The van der Waals surface area contributed by atoms with Crippen LogP contribution >= 0.6 is 0 Å². The molecule has 0 spiro atoms. The first-order valence-corrected chi connectivity index (χ1v) is 8.36. The van der Waals surface area contributed by atoms with E-state index in [1.54, 1.807) is 7.11 Å². The molecule has 0 bridgehead atoms. The lowest BCUT2D eigenvalue weighted by Gasteiger charge is -2.21. The molecule has 6 heteroatoms. The van der Waals surface area contributed by atoms with E-state index in [0.29, 0.717) is 11.4 Å². The van der Waals surface area contributed by atoms with E-state index in [2.05, 4.69) is 36.3 Å². The van der Waals surface area contributed by atoms with Crippen LogP contribution in [0.2, 0.25) is 0 Å². The molecule has 6 nitrogen and oxygen atoms in total. The normalized spacial score (nSPS) is 11.2. The van der Waals surface area contributed by atoms with Crippen molar-refractivity contribution in [2.75, 3.05) is 12.4 Å². The maximum absolute atomic E-state index is 12.6. The molecule has 1 N–H and O–H groups in total. The van der Waals surface area contributed by atoms with Gasteiger partial charge in [-0.25, -0.2) is 0 Å². The summed E-state index contributed by atoms with van der Waals surface area (Å²) in [5.74, 6) is 0.262. The van der Waals surface area contributed by atoms with Crippen LogP contribution in [0.4, 0.5) is 5.69 Å². The first-order valence-electron chi connectivity index (χ1n) is 8.36. The number of anilines is 1. The van der Waals surface area contributed by atoms with Crippen LogP contribution in [0.5, 0.6) is 5.75 Å². The topological polar surface area (TPSA) is 69.0 Å². The van der Waals surface area contributed by atoms with Gasteiger partial charge >= 0.3 is 0 Å². The van der Waals surface area contributed by atoms with Crippen molar-refractivity contribution in [3.8, 4) is 11.4 Å². The zero-order valence-electron chi connectivity index (χ0n) is 15.4. The van der Waals surface area contributed by atoms with Crippen molar-refractivity contribution >= 4 is 11.6 Å². The number of amides is 1. The number of nitrogens with zero attached hydrogens (tertiary/aromatic N) is 3. The molecule has 0 aliphatic heterocycles. The van der Waals surface area contributed by atoms with E-state index in [1.165, 1.54) is 11.0 Å². The molecule has 1 amide bonds. The Morgan fingerprint density at radius 1 is 1.12 bits per heavy atom. The molecule has 134 valence electrons. The van der Waals surface area contributed by atoms with Crippen LogP contribution in [0.1, 0.15) is 36.8 Å². The number of methoxy groups -OCH3 is 1. The van der Waals surface area contributed by atoms with Gasteiger partial charge in [0.05, 0.1) is 24.7 Å². The summed E-state index contributed by atoms with van der Waals surface area (Å²) in [6.07, 6.45) is 1.45. The van der Waals surface area contributed by atoms with Crippen molar-refractivity contribution in [1.29, 1.82) is 0 Å². The number of benzene rings is 2. The summed E-state index contributed by atoms with van der Waals surface area (Å²) in [6, 6.07) is 15.2. The molecule has 0 atom stereocenters. The Kier molecular flexibility index (Phi) is 4.75. The first kappa shape index (κ1) is 17.7. The molecule has 3 rings (SSSR count). The van der Waals surface area contributed by atoms with Gasteiger partial charge in [0.1, 0.15) is 5.75 Å². The standard InChI is InChI=1S/C20H22N4O2/c1-20(2,3)14-10-11-18(26-4)16(12-14)22-19(25)17-13-21-24(23-17)15-8-6-5-7-9-15/h5-13H,1-4H3,(H,22,25). The SMILES string of the molecule is COc1ccc(C(C)(C)C)cc1NC(=O)c1cnn(-c2ccccc2)n1. The predicted octanol–water partition coefficient (Wildman–Crippen LogP) is 3.83. The average molecular weight is 350 g/mol. The van der Waals surface area contributed by atoms with E-state index in [4.69, 9.17) is 4.74 Å². The van der Waals surface area contributed by atoms with Crippen molar-refractivity contribution in [2.45, 2.75) is 26.2 Å². The Balaban J connectivity index is 1.85. The fourth-order valence-electron chi connectivity index (χ4n) is 2.51. The van der Waals surface area contributed by atoms with Crippen molar-refractivity contribution in [3.63, 3.8) is 0 Å². The number of hydrogen-bond donors (Lipinski definition) is 1. The Hall–Kier alpha value is -3.15. The van der Waals surface area contributed by atoms with E-state index >= 15 is 0 Å². The van der Waals surface area contributed by atoms with E-state index in [0.717, 1.165) is 11.3 Å². The van der Waals surface area contributed by atoms with Crippen LogP contribution in [0.15, 0.2) is 54.7 Å². The van der Waals surface area contributed by atoms with Gasteiger partial charge < -0.3 is 10.1 Å². The van der Waals surface area contributed by atoms with Gasteiger partial charge in [-0.15, -0.1) is 5.10 Å². The van der Waals surface area contributed by atoms with Gasteiger partial charge in [-0.3, -0.25) is 4.79 Å². The Bertz CT molecular complexity index is 911. The van der Waals surface area contributed by atoms with Crippen molar-refractivity contribution in [2.24, 2.45) is 0 Å². The van der Waals surface area contributed by atoms with Gasteiger partial charge in [0.2, 0.25) is 0 Å². The predicted molar refractivity (Wildman–Crippen MR) is 101 cm³/mol. The number of hydrogen-bond acceptors (Lipinski definition) is 4. The summed E-state index contributed by atoms with van der Waals surface area (Å²) in [6.45, 7) is 6.35. The third kappa shape index (κ3) is 3.74. The first-order chi connectivity index (χ1) is 12.4. The van der Waals surface area contributed by atoms with Crippen LogP contribution in [0, 0.1) is 0 Å². The van der Waals surface area contributed by atoms with Crippen molar-refractivity contribution in [1.82, 2.24) is 15.0 Å². The largest absolute Gasteiger partial charge is 0.495 e. The monoisotopic (exact) mass is 350 g/mol. The lowest BCUT2D eigenvalue weighted by molar-refractivity contribution is 0.102. The van der Waals surface area contributed by atoms with Crippen LogP contribution in [-0.4, -0.2) is 28.0 Å². The number of carbonyl (C=O) groups excluding carboxylic acids is 1. The highest BCUT2D eigenvalue weighted by molar-refractivity contribution is 6.03.